The molecule has 0 spiro atoms. The lowest BCUT2D eigenvalue weighted by molar-refractivity contribution is 0.203. The Balaban J connectivity index is 1.16. The number of anilines is 1. The summed E-state index contributed by atoms with van der Waals surface area (Å²) >= 11 is 0. The van der Waals surface area contributed by atoms with Crippen molar-refractivity contribution in [3.63, 3.8) is 0 Å². The van der Waals surface area contributed by atoms with E-state index in [1.54, 1.807) is 6.20 Å². The third kappa shape index (κ3) is 6.69. The third-order valence-electron chi connectivity index (χ3n) is 7.11. The normalized spacial score (nSPS) is 17.1. The van der Waals surface area contributed by atoms with Gasteiger partial charge in [-0.05, 0) is 69.0 Å². The topological polar surface area (TPSA) is 92.3 Å². The summed E-state index contributed by atoms with van der Waals surface area (Å²) in [5, 5.41) is 5.89. The maximum Gasteiger partial charge on any atom is 0.320 e. The zero-order valence-electron chi connectivity index (χ0n) is 20.9. The monoisotopic (exact) mass is 488 g/mol. The van der Waals surface area contributed by atoms with Gasteiger partial charge in [0.15, 0.2) is 5.82 Å². The summed E-state index contributed by atoms with van der Waals surface area (Å²) < 4.78 is 5.86. The van der Waals surface area contributed by atoms with E-state index in [-0.39, 0.29) is 12.1 Å². The Labute approximate surface area is 212 Å². The van der Waals surface area contributed by atoms with Gasteiger partial charge < -0.3 is 15.0 Å². The number of fused-ring (bicyclic) bond motifs is 1. The van der Waals surface area contributed by atoms with E-state index >= 15 is 0 Å². The van der Waals surface area contributed by atoms with Gasteiger partial charge in [-0.1, -0.05) is 31.7 Å². The van der Waals surface area contributed by atoms with E-state index in [1.165, 1.54) is 51.6 Å². The highest BCUT2D eigenvalue weighted by Gasteiger charge is 2.16. The van der Waals surface area contributed by atoms with Gasteiger partial charge in [-0.2, -0.15) is 0 Å². The Kier molecular flexibility index (Phi) is 8.23. The number of carbonyl (C=O) groups excluding carboxylic acids is 1. The van der Waals surface area contributed by atoms with Crippen LogP contribution in [0.1, 0.15) is 57.8 Å². The van der Waals surface area contributed by atoms with E-state index in [0.29, 0.717) is 18.3 Å². The van der Waals surface area contributed by atoms with Crippen LogP contribution in [0.25, 0.3) is 22.2 Å². The highest BCUT2D eigenvalue weighted by atomic mass is 16.5. The quantitative estimate of drug-likeness (QED) is 0.413. The second-order valence-electron chi connectivity index (χ2n) is 9.88. The molecule has 8 nitrogen and oxygen atoms in total. The highest BCUT2D eigenvalue weighted by molar-refractivity contribution is 5.90. The molecule has 2 N–H and O–H groups in total. The first-order chi connectivity index (χ1) is 17.7. The summed E-state index contributed by atoms with van der Waals surface area (Å²) in [5.74, 6) is 1.09. The zero-order chi connectivity index (χ0) is 24.6. The van der Waals surface area contributed by atoms with Gasteiger partial charge in [-0.3, -0.25) is 10.3 Å². The summed E-state index contributed by atoms with van der Waals surface area (Å²) in [4.78, 5) is 28.5. The standard InChI is InChI=1S/C28H36N6O2/c35-28(31-23-8-3-1-4-9-23)33-26-20-29-24-12-10-21(18-25(24)32-26)22-11-13-27(30-19-22)36-17-7-16-34-14-5-2-6-15-34/h10-13,18-20,23H,1-9,14-17H2,(H2,31,32,33,35). The van der Waals surface area contributed by atoms with Crippen LogP contribution >= 0.6 is 0 Å². The summed E-state index contributed by atoms with van der Waals surface area (Å²) in [6, 6.07) is 9.88. The minimum atomic E-state index is -0.220. The third-order valence-corrected chi connectivity index (χ3v) is 7.11. The number of benzene rings is 1. The molecule has 190 valence electrons. The smallest absolute Gasteiger partial charge is 0.320 e. The van der Waals surface area contributed by atoms with Crippen LogP contribution < -0.4 is 15.4 Å². The SMILES string of the molecule is O=C(Nc1cnc2ccc(-c3ccc(OCCCN4CCCCC4)nc3)cc2n1)NC1CCCCC1. The van der Waals surface area contributed by atoms with Crippen LogP contribution in [-0.4, -0.2) is 58.2 Å². The Morgan fingerprint density at radius 3 is 2.53 bits per heavy atom. The molecule has 2 aliphatic rings. The Hall–Kier alpha value is -3.26. The zero-order valence-corrected chi connectivity index (χ0v) is 20.9. The van der Waals surface area contributed by atoms with Crippen LogP contribution in [0.4, 0.5) is 10.6 Å². The molecule has 5 rings (SSSR count). The van der Waals surface area contributed by atoms with Crippen molar-refractivity contribution < 1.29 is 9.53 Å². The number of hydrogen-bond acceptors (Lipinski definition) is 6. The molecule has 2 aromatic heterocycles. The lowest BCUT2D eigenvalue weighted by Crippen LogP contribution is -2.39. The summed E-state index contributed by atoms with van der Waals surface area (Å²) in [6.07, 6.45) is 14.1. The van der Waals surface area contributed by atoms with E-state index in [2.05, 4.69) is 30.5 Å². The van der Waals surface area contributed by atoms with Crippen LogP contribution in [0.15, 0.2) is 42.7 Å². The number of hydrogen-bond donors (Lipinski definition) is 2. The molecule has 2 fully saturated rings. The minimum Gasteiger partial charge on any atom is -0.478 e. The second kappa shape index (κ2) is 12.1. The van der Waals surface area contributed by atoms with Crippen LogP contribution in [0.5, 0.6) is 5.88 Å². The van der Waals surface area contributed by atoms with Crippen LogP contribution in [0.2, 0.25) is 0 Å². The maximum atomic E-state index is 12.4. The number of pyridine rings is 1. The van der Waals surface area contributed by atoms with Gasteiger partial charge in [0.1, 0.15) is 0 Å². The molecular weight excluding hydrogens is 452 g/mol. The number of ether oxygens (including phenoxy) is 1. The molecule has 3 aromatic rings. The number of aromatic nitrogens is 3. The second-order valence-corrected chi connectivity index (χ2v) is 9.88. The van der Waals surface area contributed by atoms with E-state index in [1.807, 2.05) is 36.5 Å². The fourth-order valence-electron chi connectivity index (χ4n) is 5.12. The van der Waals surface area contributed by atoms with Gasteiger partial charge in [-0.25, -0.2) is 14.8 Å². The van der Waals surface area contributed by atoms with E-state index in [0.717, 1.165) is 48.0 Å². The number of carbonyl (C=O) groups is 1. The summed E-state index contributed by atoms with van der Waals surface area (Å²) in [6.45, 7) is 4.20. The van der Waals surface area contributed by atoms with Crippen LogP contribution in [-0.2, 0) is 0 Å². The first-order valence-electron chi connectivity index (χ1n) is 13.4. The predicted molar refractivity (Wildman–Crippen MR) is 142 cm³/mol. The fourth-order valence-corrected chi connectivity index (χ4v) is 5.12. The molecule has 0 unspecified atom stereocenters. The van der Waals surface area contributed by atoms with Crippen molar-refractivity contribution in [1.29, 1.82) is 0 Å². The molecule has 1 saturated heterocycles. The number of likely N-dealkylation sites (tertiary alicyclic amines) is 1. The van der Waals surface area contributed by atoms with Gasteiger partial charge in [0.2, 0.25) is 5.88 Å². The molecule has 8 heteroatoms. The average Bonchev–Trinajstić information content (AvgIpc) is 2.92. The number of piperidine rings is 1. The van der Waals surface area contributed by atoms with Gasteiger partial charge in [-0.15, -0.1) is 0 Å². The van der Waals surface area contributed by atoms with Gasteiger partial charge >= 0.3 is 6.03 Å². The average molecular weight is 489 g/mol. The number of amides is 2. The van der Waals surface area contributed by atoms with Crippen molar-refractivity contribution in [2.75, 3.05) is 31.6 Å². The molecular formula is C28H36N6O2. The summed E-state index contributed by atoms with van der Waals surface area (Å²) in [5.41, 5.74) is 3.47. The van der Waals surface area contributed by atoms with Crippen molar-refractivity contribution in [1.82, 2.24) is 25.2 Å². The first-order valence-corrected chi connectivity index (χ1v) is 13.4. The van der Waals surface area contributed by atoms with Crippen molar-refractivity contribution >= 4 is 22.9 Å². The lowest BCUT2D eigenvalue weighted by Gasteiger charge is -2.26. The van der Waals surface area contributed by atoms with Gasteiger partial charge in [0.25, 0.3) is 0 Å². The number of nitrogens with one attached hydrogen (secondary N) is 2. The number of nitrogens with zero attached hydrogens (tertiary/aromatic N) is 4. The van der Waals surface area contributed by atoms with Gasteiger partial charge in [0.05, 0.1) is 23.8 Å². The predicted octanol–water partition coefficient (Wildman–Crippen LogP) is 5.40. The van der Waals surface area contributed by atoms with Crippen molar-refractivity contribution in [2.45, 2.75) is 63.8 Å². The largest absolute Gasteiger partial charge is 0.478 e. The highest BCUT2D eigenvalue weighted by Crippen LogP contribution is 2.24. The first kappa shape index (κ1) is 24.4. The Morgan fingerprint density at radius 1 is 0.917 bits per heavy atom. The van der Waals surface area contributed by atoms with Crippen molar-refractivity contribution in [3.05, 3.63) is 42.7 Å². The molecule has 2 amide bonds. The molecule has 1 aliphatic carbocycles. The van der Waals surface area contributed by atoms with Crippen molar-refractivity contribution in [2.24, 2.45) is 0 Å². The molecule has 0 bridgehead atoms. The van der Waals surface area contributed by atoms with Crippen LogP contribution in [0, 0.1) is 0 Å². The Bertz CT molecular complexity index is 1140. The molecule has 36 heavy (non-hydrogen) atoms. The molecule has 3 heterocycles. The van der Waals surface area contributed by atoms with E-state index < -0.39 is 0 Å². The molecule has 1 saturated carbocycles. The van der Waals surface area contributed by atoms with Crippen molar-refractivity contribution in [3.8, 4) is 17.0 Å². The lowest BCUT2D eigenvalue weighted by atomic mass is 9.96. The van der Waals surface area contributed by atoms with Crippen LogP contribution in [0.3, 0.4) is 0 Å². The maximum absolute atomic E-state index is 12.4. The van der Waals surface area contributed by atoms with Gasteiger partial charge in [0, 0.05) is 30.4 Å². The summed E-state index contributed by atoms with van der Waals surface area (Å²) in [7, 11) is 0. The molecule has 1 aliphatic heterocycles. The Morgan fingerprint density at radius 2 is 1.72 bits per heavy atom. The number of rotatable bonds is 8. The number of urea groups is 1. The fraction of sp³-hybridized carbons (Fsp3) is 0.500. The minimum absolute atomic E-state index is 0.220. The van der Waals surface area contributed by atoms with E-state index in [4.69, 9.17) is 4.74 Å². The van der Waals surface area contributed by atoms with E-state index in [9.17, 15) is 4.79 Å². The molecule has 0 radical (unpaired) electrons. The molecule has 1 aromatic carbocycles. The molecule has 0 atom stereocenters.